The van der Waals surface area contributed by atoms with Gasteiger partial charge in [0, 0.05) is 13.5 Å². The van der Waals surface area contributed by atoms with Crippen LogP contribution in [0.1, 0.15) is 36.0 Å². The summed E-state index contributed by atoms with van der Waals surface area (Å²) in [7, 11) is 1.71. The van der Waals surface area contributed by atoms with E-state index in [9.17, 15) is 5.11 Å². The maximum Gasteiger partial charge on any atom is 0.0939 e. The zero-order chi connectivity index (χ0) is 12.5. The minimum absolute atomic E-state index is 0.282. The minimum atomic E-state index is -0.387. The first-order valence-electron chi connectivity index (χ1n) is 6.37. The Hall–Kier alpha value is -0.860. The Labute approximate surface area is 104 Å². The third-order valence-electron chi connectivity index (χ3n) is 4.13. The Morgan fingerprint density at radius 3 is 2.59 bits per heavy atom. The van der Waals surface area contributed by atoms with Crippen LogP contribution in [0, 0.1) is 13.8 Å². The van der Waals surface area contributed by atoms with Crippen LogP contribution in [-0.2, 0) is 11.2 Å². The van der Waals surface area contributed by atoms with Crippen LogP contribution in [0.25, 0.3) is 0 Å². The number of hydrogen-bond donors (Lipinski definition) is 1. The second-order valence-electron chi connectivity index (χ2n) is 5.27. The minimum Gasteiger partial charge on any atom is -0.390 e. The molecule has 0 radical (unpaired) electrons. The molecule has 1 atom stereocenters. The van der Waals surface area contributed by atoms with E-state index in [0.29, 0.717) is 6.42 Å². The molecule has 2 rings (SSSR count). The van der Waals surface area contributed by atoms with Crippen molar-refractivity contribution in [2.24, 2.45) is 0 Å². The van der Waals surface area contributed by atoms with Gasteiger partial charge in [-0.3, -0.25) is 0 Å². The SMILES string of the molecule is COC1(C(O)Cc2cc(C)ccc2C)CCC1. The van der Waals surface area contributed by atoms with E-state index < -0.39 is 0 Å². The highest BCUT2D eigenvalue weighted by molar-refractivity contribution is 5.31. The van der Waals surface area contributed by atoms with Crippen LogP contribution in [0.3, 0.4) is 0 Å². The zero-order valence-electron chi connectivity index (χ0n) is 11.0. The lowest BCUT2D eigenvalue weighted by atomic mass is 9.74. The summed E-state index contributed by atoms with van der Waals surface area (Å²) >= 11 is 0. The molecule has 1 fully saturated rings. The van der Waals surface area contributed by atoms with E-state index in [0.717, 1.165) is 19.3 Å². The Kier molecular flexibility index (Phi) is 3.55. The largest absolute Gasteiger partial charge is 0.390 e. The van der Waals surface area contributed by atoms with Gasteiger partial charge in [0.25, 0.3) is 0 Å². The van der Waals surface area contributed by atoms with Gasteiger partial charge < -0.3 is 9.84 Å². The first kappa shape index (κ1) is 12.6. The molecular weight excluding hydrogens is 212 g/mol. The van der Waals surface area contributed by atoms with Crippen LogP contribution in [0.15, 0.2) is 18.2 Å². The third-order valence-corrected chi connectivity index (χ3v) is 4.13. The van der Waals surface area contributed by atoms with Crippen molar-refractivity contribution in [2.45, 2.75) is 51.2 Å². The van der Waals surface area contributed by atoms with Gasteiger partial charge in [0.05, 0.1) is 11.7 Å². The molecular formula is C15H22O2. The molecule has 0 aromatic heterocycles. The van der Waals surface area contributed by atoms with E-state index in [1.54, 1.807) is 7.11 Å². The van der Waals surface area contributed by atoms with Crippen molar-refractivity contribution in [3.8, 4) is 0 Å². The normalized spacial score (nSPS) is 19.8. The fraction of sp³-hybridized carbons (Fsp3) is 0.600. The number of benzene rings is 1. The summed E-state index contributed by atoms with van der Waals surface area (Å²) in [6, 6.07) is 6.40. The summed E-state index contributed by atoms with van der Waals surface area (Å²) < 4.78 is 5.53. The average molecular weight is 234 g/mol. The van der Waals surface area contributed by atoms with Crippen molar-refractivity contribution in [1.82, 2.24) is 0 Å². The van der Waals surface area contributed by atoms with E-state index in [-0.39, 0.29) is 11.7 Å². The molecule has 1 aliphatic carbocycles. The van der Waals surface area contributed by atoms with Crippen LogP contribution in [0.4, 0.5) is 0 Å². The summed E-state index contributed by atoms with van der Waals surface area (Å²) in [4.78, 5) is 0. The molecule has 2 heteroatoms. The van der Waals surface area contributed by atoms with Crippen LogP contribution in [0.2, 0.25) is 0 Å². The van der Waals surface area contributed by atoms with Crippen LogP contribution < -0.4 is 0 Å². The molecule has 0 spiro atoms. The lowest BCUT2D eigenvalue weighted by Gasteiger charge is -2.44. The van der Waals surface area contributed by atoms with E-state index in [4.69, 9.17) is 4.74 Å². The number of rotatable bonds is 4. The first-order valence-corrected chi connectivity index (χ1v) is 6.37. The molecule has 1 unspecified atom stereocenters. The second-order valence-corrected chi connectivity index (χ2v) is 5.27. The monoisotopic (exact) mass is 234 g/mol. The zero-order valence-corrected chi connectivity index (χ0v) is 11.0. The average Bonchev–Trinajstić information content (AvgIpc) is 2.23. The molecule has 0 saturated heterocycles. The topological polar surface area (TPSA) is 29.5 Å². The van der Waals surface area contributed by atoms with Gasteiger partial charge in [0.2, 0.25) is 0 Å². The van der Waals surface area contributed by atoms with E-state index in [1.807, 2.05) is 0 Å². The Morgan fingerprint density at radius 1 is 1.35 bits per heavy atom. The highest BCUT2D eigenvalue weighted by Gasteiger charge is 2.43. The molecule has 17 heavy (non-hydrogen) atoms. The number of hydrogen-bond acceptors (Lipinski definition) is 2. The fourth-order valence-electron chi connectivity index (χ4n) is 2.61. The standard InChI is InChI=1S/C15H22O2/c1-11-5-6-12(2)13(9-11)10-14(16)15(17-3)7-4-8-15/h5-6,9,14,16H,4,7-8,10H2,1-3H3. The molecule has 0 bridgehead atoms. The van der Waals surface area contributed by atoms with Crippen LogP contribution in [0.5, 0.6) is 0 Å². The Morgan fingerprint density at radius 2 is 2.06 bits per heavy atom. The lowest BCUT2D eigenvalue weighted by molar-refractivity contribution is -0.148. The molecule has 1 N–H and O–H groups in total. The second kappa shape index (κ2) is 4.79. The molecule has 0 aliphatic heterocycles. The van der Waals surface area contributed by atoms with Crippen LogP contribution in [-0.4, -0.2) is 23.9 Å². The van der Waals surface area contributed by atoms with Crippen molar-refractivity contribution >= 4 is 0 Å². The fourth-order valence-corrected chi connectivity index (χ4v) is 2.61. The number of aryl methyl sites for hydroxylation is 2. The van der Waals surface area contributed by atoms with Gasteiger partial charge in [-0.1, -0.05) is 23.8 Å². The first-order chi connectivity index (χ1) is 8.07. The van der Waals surface area contributed by atoms with Gasteiger partial charge in [0.1, 0.15) is 0 Å². The number of aliphatic hydroxyl groups is 1. The number of methoxy groups -OCH3 is 1. The third kappa shape index (κ3) is 2.38. The molecule has 0 amide bonds. The number of ether oxygens (including phenoxy) is 1. The van der Waals surface area contributed by atoms with Gasteiger partial charge in [-0.15, -0.1) is 0 Å². The Bertz CT molecular complexity index is 388. The van der Waals surface area contributed by atoms with E-state index in [1.165, 1.54) is 16.7 Å². The van der Waals surface area contributed by atoms with Gasteiger partial charge >= 0.3 is 0 Å². The van der Waals surface area contributed by atoms with E-state index in [2.05, 4.69) is 32.0 Å². The molecule has 2 nitrogen and oxygen atoms in total. The van der Waals surface area contributed by atoms with Gasteiger partial charge in [-0.2, -0.15) is 0 Å². The van der Waals surface area contributed by atoms with Gasteiger partial charge in [-0.05, 0) is 44.2 Å². The smallest absolute Gasteiger partial charge is 0.0939 e. The van der Waals surface area contributed by atoms with Crippen molar-refractivity contribution in [3.63, 3.8) is 0 Å². The maximum atomic E-state index is 10.4. The maximum absolute atomic E-state index is 10.4. The highest BCUT2D eigenvalue weighted by Crippen LogP contribution is 2.39. The molecule has 1 aromatic carbocycles. The van der Waals surface area contributed by atoms with Gasteiger partial charge in [0.15, 0.2) is 0 Å². The Balaban J connectivity index is 2.12. The summed E-state index contributed by atoms with van der Waals surface area (Å²) in [6.45, 7) is 4.19. The predicted octanol–water partition coefficient (Wildman–Crippen LogP) is 2.78. The summed E-state index contributed by atoms with van der Waals surface area (Å²) in [6.07, 6.45) is 3.44. The lowest BCUT2D eigenvalue weighted by Crippen LogP contribution is -2.50. The van der Waals surface area contributed by atoms with Crippen molar-refractivity contribution < 1.29 is 9.84 Å². The van der Waals surface area contributed by atoms with Crippen molar-refractivity contribution in [1.29, 1.82) is 0 Å². The highest BCUT2D eigenvalue weighted by atomic mass is 16.5. The van der Waals surface area contributed by atoms with Crippen LogP contribution >= 0.6 is 0 Å². The predicted molar refractivity (Wildman–Crippen MR) is 69.2 cm³/mol. The van der Waals surface area contributed by atoms with Crippen molar-refractivity contribution in [2.75, 3.05) is 7.11 Å². The van der Waals surface area contributed by atoms with Crippen molar-refractivity contribution in [3.05, 3.63) is 34.9 Å². The molecule has 1 saturated carbocycles. The number of aliphatic hydroxyl groups excluding tert-OH is 1. The quantitative estimate of drug-likeness (QED) is 0.868. The summed E-state index contributed by atoms with van der Waals surface area (Å²) in [5.74, 6) is 0. The molecule has 0 heterocycles. The van der Waals surface area contributed by atoms with Gasteiger partial charge in [-0.25, -0.2) is 0 Å². The molecule has 1 aliphatic rings. The summed E-state index contributed by atoms with van der Waals surface area (Å²) in [5.41, 5.74) is 3.45. The molecule has 94 valence electrons. The van der Waals surface area contributed by atoms with E-state index >= 15 is 0 Å². The molecule has 1 aromatic rings. The summed E-state index contributed by atoms with van der Waals surface area (Å²) in [5, 5.41) is 10.4.